The van der Waals surface area contributed by atoms with Crippen LogP contribution in [-0.2, 0) is 9.59 Å². The van der Waals surface area contributed by atoms with Gasteiger partial charge in [-0.2, -0.15) is 0 Å². The summed E-state index contributed by atoms with van der Waals surface area (Å²) in [5, 5.41) is 12.3. The number of hydrogen-bond donors (Lipinski definition) is 2. The fourth-order valence-corrected chi connectivity index (χ4v) is 5.80. The standard InChI is InChI=1S/C21H37N3O3.ClH/c1-14(19-12-16-6-7-17(19)11-16)22-21(27)15(2)24-9-4-5-18(8-10-24)23(3)13-20(25)26;/h14-19H,4-13H2,1-3H3,(H,22,27)(H,25,26);1H. The van der Waals surface area contributed by atoms with Crippen molar-refractivity contribution >= 4 is 24.3 Å². The Balaban J connectivity index is 0.00000280. The number of fused-ring (bicyclic) bond motifs is 2. The van der Waals surface area contributed by atoms with E-state index in [4.69, 9.17) is 5.11 Å². The molecule has 6 nitrogen and oxygen atoms in total. The Bertz CT molecular complexity index is 547. The summed E-state index contributed by atoms with van der Waals surface area (Å²) in [5.41, 5.74) is 0. The van der Waals surface area contributed by atoms with E-state index in [1.807, 2.05) is 18.9 Å². The van der Waals surface area contributed by atoms with Crippen LogP contribution in [0.2, 0.25) is 0 Å². The van der Waals surface area contributed by atoms with Crippen molar-refractivity contribution in [2.45, 2.75) is 76.9 Å². The number of nitrogens with zero attached hydrogens (tertiary/aromatic N) is 2. The van der Waals surface area contributed by atoms with Gasteiger partial charge in [-0.1, -0.05) is 6.42 Å². The van der Waals surface area contributed by atoms with E-state index < -0.39 is 5.97 Å². The van der Waals surface area contributed by atoms with Gasteiger partial charge in [0.05, 0.1) is 12.6 Å². The Kier molecular flexibility index (Phi) is 8.59. The van der Waals surface area contributed by atoms with Crippen LogP contribution in [0, 0.1) is 17.8 Å². The average Bonchev–Trinajstić information content (AvgIpc) is 3.16. The fraction of sp³-hybridized carbons (Fsp3) is 0.905. The molecule has 0 spiro atoms. The third kappa shape index (κ3) is 5.61. The van der Waals surface area contributed by atoms with Crippen molar-refractivity contribution in [3.8, 4) is 0 Å². The molecule has 6 unspecified atom stereocenters. The summed E-state index contributed by atoms with van der Waals surface area (Å²) < 4.78 is 0. The van der Waals surface area contributed by atoms with Crippen LogP contribution in [0.5, 0.6) is 0 Å². The van der Waals surface area contributed by atoms with Crippen LogP contribution in [0.25, 0.3) is 0 Å². The molecule has 3 rings (SSSR count). The molecule has 2 saturated carbocycles. The van der Waals surface area contributed by atoms with Gasteiger partial charge in [0.25, 0.3) is 0 Å². The van der Waals surface area contributed by atoms with E-state index in [2.05, 4.69) is 17.1 Å². The van der Waals surface area contributed by atoms with E-state index in [-0.39, 0.29) is 43.0 Å². The van der Waals surface area contributed by atoms with Crippen LogP contribution in [0.3, 0.4) is 0 Å². The van der Waals surface area contributed by atoms with Gasteiger partial charge in [0.1, 0.15) is 0 Å². The Hall–Kier alpha value is -0.850. The predicted molar refractivity (Wildman–Crippen MR) is 113 cm³/mol. The van der Waals surface area contributed by atoms with Crippen LogP contribution in [0.4, 0.5) is 0 Å². The molecule has 0 aromatic carbocycles. The number of carboxylic acid groups (broad SMARTS) is 1. The second-order valence-electron chi connectivity index (χ2n) is 9.24. The highest BCUT2D eigenvalue weighted by atomic mass is 35.5. The van der Waals surface area contributed by atoms with Crippen molar-refractivity contribution in [3.05, 3.63) is 0 Å². The molecular weight excluding hydrogens is 378 g/mol. The molecule has 7 heteroatoms. The number of likely N-dealkylation sites (N-methyl/N-ethyl adjacent to an activating group) is 1. The molecule has 0 aromatic rings. The molecule has 3 fully saturated rings. The lowest BCUT2D eigenvalue weighted by molar-refractivity contribution is -0.138. The minimum Gasteiger partial charge on any atom is -0.480 e. The number of carboxylic acids is 1. The molecule has 1 aliphatic heterocycles. The molecule has 2 N–H and O–H groups in total. The van der Waals surface area contributed by atoms with E-state index in [1.54, 1.807) is 0 Å². The number of likely N-dealkylation sites (tertiary alicyclic amines) is 1. The lowest BCUT2D eigenvalue weighted by Crippen LogP contribution is -2.50. The van der Waals surface area contributed by atoms with Crippen molar-refractivity contribution in [1.82, 2.24) is 15.1 Å². The van der Waals surface area contributed by atoms with Gasteiger partial charge in [-0.3, -0.25) is 19.4 Å². The summed E-state index contributed by atoms with van der Waals surface area (Å²) in [7, 11) is 1.89. The SMILES string of the molecule is CC(NC(=O)C(C)N1CCCC(N(C)CC(=O)O)CC1)C1CC2CCC1C2.Cl. The summed E-state index contributed by atoms with van der Waals surface area (Å²) in [6, 6.07) is 0.445. The number of aliphatic carboxylic acids is 1. The topological polar surface area (TPSA) is 72.9 Å². The van der Waals surface area contributed by atoms with Gasteiger partial charge >= 0.3 is 5.97 Å². The molecule has 28 heavy (non-hydrogen) atoms. The third-order valence-corrected chi connectivity index (χ3v) is 7.47. The first-order chi connectivity index (χ1) is 12.8. The highest BCUT2D eigenvalue weighted by molar-refractivity contribution is 5.85. The molecule has 1 amide bonds. The van der Waals surface area contributed by atoms with Gasteiger partial charge in [0.2, 0.25) is 5.91 Å². The summed E-state index contributed by atoms with van der Waals surface area (Å²) >= 11 is 0. The number of rotatable bonds is 7. The Morgan fingerprint density at radius 2 is 1.89 bits per heavy atom. The first-order valence-corrected chi connectivity index (χ1v) is 10.8. The average molecular weight is 416 g/mol. The number of hydrogen-bond acceptors (Lipinski definition) is 4. The lowest BCUT2D eigenvalue weighted by Gasteiger charge is -2.32. The lowest BCUT2D eigenvalue weighted by atomic mass is 9.84. The number of carbonyl (C=O) groups excluding carboxylic acids is 1. The monoisotopic (exact) mass is 415 g/mol. The van der Waals surface area contributed by atoms with Crippen molar-refractivity contribution in [2.24, 2.45) is 17.8 Å². The molecule has 3 aliphatic rings. The van der Waals surface area contributed by atoms with Crippen LogP contribution < -0.4 is 5.32 Å². The summed E-state index contributed by atoms with van der Waals surface area (Å²) in [5.74, 6) is 1.77. The predicted octanol–water partition coefficient (Wildman–Crippen LogP) is 2.61. The quantitative estimate of drug-likeness (QED) is 0.668. The summed E-state index contributed by atoms with van der Waals surface area (Å²) in [6.45, 7) is 6.06. The van der Waals surface area contributed by atoms with Gasteiger partial charge in [0.15, 0.2) is 0 Å². The van der Waals surface area contributed by atoms with E-state index in [0.29, 0.717) is 5.92 Å². The maximum absolute atomic E-state index is 12.8. The minimum atomic E-state index is -0.777. The van der Waals surface area contributed by atoms with Crippen molar-refractivity contribution in [2.75, 3.05) is 26.7 Å². The number of carbonyl (C=O) groups is 2. The van der Waals surface area contributed by atoms with Gasteiger partial charge < -0.3 is 10.4 Å². The molecule has 1 saturated heterocycles. The summed E-state index contributed by atoms with van der Waals surface area (Å²) in [6.07, 6.45) is 8.33. The smallest absolute Gasteiger partial charge is 0.317 e. The fourth-order valence-electron chi connectivity index (χ4n) is 5.80. The highest BCUT2D eigenvalue weighted by Crippen LogP contribution is 2.49. The van der Waals surface area contributed by atoms with E-state index in [9.17, 15) is 9.59 Å². The van der Waals surface area contributed by atoms with Gasteiger partial charge in [0, 0.05) is 18.6 Å². The van der Waals surface area contributed by atoms with Crippen LogP contribution >= 0.6 is 12.4 Å². The maximum Gasteiger partial charge on any atom is 0.317 e. The zero-order valence-electron chi connectivity index (χ0n) is 17.6. The zero-order chi connectivity index (χ0) is 19.6. The normalized spacial score (nSPS) is 32.4. The Labute approximate surface area is 175 Å². The molecule has 162 valence electrons. The van der Waals surface area contributed by atoms with Crippen LogP contribution in [0.15, 0.2) is 0 Å². The second kappa shape index (κ2) is 10.3. The second-order valence-corrected chi connectivity index (χ2v) is 9.24. The van der Waals surface area contributed by atoms with Gasteiger partial charge in [-0.25, -0.2) is 0 Å². The van der Waals surface area contributed by atoms with E-state index in [0.717, 1.165) is 44.2 Å². The minimum absolute atomic E-state index is 0. The van der Waals surface area contributed by atoms with Crippen LogP contribution in [-0.4, -0.2) is 71.6 Å². The van der Waals surface area contributed by atoms with Crippen molar-refractivity contribution in [1.29, 1.82) is 0 Å². The molecule has 1 heterocycles. The molecule has 2 bridgehead atoms. The molecule has 0 aromatic heterocycles. The van der Waals surface area contributed by atoms with E-state index in [1.165, 1.54) is 25.7 Å². The van der Waals surface area contributed by atoms with Crippen LogP contribution in [0.1, 0.15) is 58.8 Å². The molecule has 6 atom stereocenters. The summed E-state index contributed by atoms with van der Waals surface area (Å²) in [4.78, 5) is 28.0. The highest BCUT2D eigenvalue weighted by Gasteiger charge is 2.42. The molecular formula is C21H38ClN3O3. The first-order valence-electron chi connectivity index (χ1n) is 10.8. The van der Waals surface area contributed by atoms with Gasteiger partial charge in [-0.15, -0.1) is 12.4 Å². The maximum atomic E-state index is 12.8. The van der Waals surface area contributed by atoms with Crippen molar-refractivity contribution in [3.63, 3.8) is 0 Å². The number of halogens is 1. The Morgan fingerprint density at radius 1 is 1.14 bits per heavy atom. The van der Waals surface area contributed by atoms with E-state index >= 15 is 0 Å². The Morgan fingerprint density at radius 3 is 2.50 bits per heavy atom. The number of amides is 1. The van der Waals surface area contributed by atoms with Crippen molar-refractivity contribution < 1.29 is 14.7 Å². The molecule has 2 aliphatic carbocycles. The first kappa shape index (κ1) is 23.4. The zero-order valence-corrected chi connectivity index (χ0v) is 18.4. The number of nitrogens with one attached hydrogen (secondary N) is 1. The largest absolute Gasteiger partial charge is 0.480 e. The van der Waals surface area contributed by atoms with Gasteiger partial charge in [-0.05, 0) is 83.7 Å². The molecule has 0 radical (unpaired) electrons. The third-order valence-electron chi connectivity index (χ3n) is 7.47.